The van der Waals surface area contributed by atoms with Crippen molar-refractivity contribution in [2.45, 2.75) is 59.1 Å². The van der Waals surface area contributed by atoms with Crippen molar-refractivity contribution in [2.24, 2.45) is 0 Å². The molecule has 3 aromatic carbocycles. The molecule has 2 heterocycles. The maximum Gasteiger partial charge on any atom is 0.302 e. The summed E-state index contributed by atoms with van der Waals surface area (Å²) < 4.78 is 5.79. The second kappa shape index (κ2) is 9.73. The van der Waals surface area contributed by atoms with E-state index < -0.39 is 17.7 Å². The summed E-state index contributed by atoms with van der Waals surface area (Å²) in [6.07, 6.45) is -0.0639. The predicted molar refractivity (Wildman–Crippen MR) is 153 cm³/mol. The van der Waals surface area contributed by atoms with Gasteiger partial charge in [0.15, 0.2) is 0 Å². The third-order valence-electron chi connectivity index (χ3n) is 6.87. The van der Waals surface area contributed by atoms with Gasteiger partial charge in [-0.3, -0.25) is 14.5 Å². The van der Waals surface area contributed by atoms with Gasteiger partial charge in [0.05, 0.1) is 28.8 Å². The second-order valence-corrected chi connectivity index (χ2v) is 11.3. The molecule has 1 aromatic heterocycles. The molecule has 1 fully saturated rings. The number of hydrogen-bond acceptors (Lipinski definition) is 5. The van der Waals surface area contributed by atoms with Crippen LogP contribution in [-0.4, -0.2) is 32.9 Å². The second-order valence-electron chi connectivity index (χ2n) is 11.3. The topological polar surface area (TPSA) is 95.5 Å². The highest BCUT2D eigenvalue weighted by Crippen LogP contribution is 2.42. The number of aliphatic hydroxyl groups is 1. The number of ketones is 1. The molecule has 0 bridgehead atoms. The number of nitrogens with one attached hydrogen (secondary N) is 1. The molecule has 7 nitrogen and oxygen atoms in total. The van der Waals surface area contributed by atoms with E-state index in [9.17, 15) is 14.7 Å². The summed E-state index contributed by atoms with van der Waals surface area (Å²) in [5, 5.41) is 11.5. The first-order chi connectivity index (χ1) is 18.4. The smallest absolute Gasteiger partial charge is 0.302 e. The van der Waals surface area contributed by atoms with Gasteiger partial charge in [0.25, 0.3) is 5.78 Å². The normalized spacial score (nSPS) is 17.4. The van der Waals surface area contributed by atoms with Gasteiger partial charge in [0.2, 0.25) is 5.95 Å². The van der Waals surface area contributed by atoms with E-state index in [1.54, 1.807) is 24.3 Å². The number of H-pyrrole nitrogens is 1. The lowest BCUT2D eigenvalue weighted by atomic mass is 9.85. The molecule has 7 heteroatoms. The molecule has 1 atom stereocenters. The third-order valence-corrected chi connectivity index (χ3v) is 6.87. The molecular formula is C32H33N3O4. The van der Waals surface area contributed by atoms with E-state index in [1.165, 1.54) is 4.90 Å². The van der Waals surface area contributed by atoms with Gasteiger partial charge < -0.3 is 14.8 Å². The van der Waals surface area contributed by atoms with Gasteiger partial charge >= 0.3 is 5.91 Å². The molecule has 0 spiro atoms. The van der Waals surface area contributed by atoms with Crippen LogP contribution >= 0.6 is 0 Å². The van der Waals surface area contributed by atoms with Crippen LogP contribution in [0.5, 0.6) is 5.75 Å². The van der Waals surface area contributed by atoms with Crippen LogP contribution in [0.3, 0.4) is 0 Å². The molecular weight excluding hydrogens is 490 g/mol. The number of aryl methyl sites for hydroxylation is 1. The van der Waals surface area contributed by atoms with Crippen molar-refractivity contribution in [3.63, 3.8) is 0 Å². The standard InChI is InChI=1S/C32H33N3O4/c1-18(2)39-23-9-7-8-21(17-23)28(36)26-27(20-11-13-22(14-12-20)32(4,5)6)35(30(38)29(26)37)31-33-24-15-10-19(3)16-25(24)34-31/h7-18,27,36H,1-6H3,(H,33,34)/b28-26+. The van der Waals surface area contributed by atoms with Crippen LogP contribution in [0, 0.1) is 6.92 Å². The predicted octanol–water partition coefficient (Wildman–Crippen LogP) is 6.58. The highest BCUT2D eigenvalue weighted by atomic mass is 16.5. The van der Waals surface area contributed by atoms with E-state index in [1.807, 2.05) is 63.2 Å². The van der Waals surface area contributed by atoms with Crippen molar-refractivity contribution in [2.75, 3.05) is 4.90 Å². The number of carbonyl (C=O) groups is 2. The largest absolute Gasteiger partial charge is 0.507 e. The molecule has 2 N–H and O–H groups in total. The van der Waals surface area contributed by atoms with Crippen LogP contribution in [0.4, 0.5) is 5.95 Å². The summed E-state index contributed by atoms with van der Waals surface area (Å²) in [5.74, 6) is -0.988. The van der Waals surface area contributed by atoms with Crippen LogP contribution in [0.25, 0.3) is 16.8 Å². The van der Waals surface area contributed by atoms with Gasteiger partial charge in [-0.25, -0.2) is 4.98 Å². The maximum atomic E-state index is 13.6. The first kappa shape index (κ1) is 26.2. The number of Topliss-reactive ketones (excluding diaryl/α,β-unsaturated/α-hetero) is 1. The number of fused-ring (bicyclic) bond motifs is 1. The Hall–Kier alpha value is -4.39. The van der Waals surface area contributed by atoms with E-state index in [-0.39, 0.29) is 28.8 Å². The van der Waals surface area contributed by atoms with E-state index in [0.29, 0.717) is 22.4 Å². The van der Waals surface area contributed by atoms with Gasteiger partial charge in [0, 0.05) is 5.56 Å². The molecule has 1 unspecified atom stereocenters. The van der Waals surface area contributed by atoms with Gasteiger partial charge in [-0.1, -0.05) is 63.2 Å². The summed E-state index contributed by atoms with van der Waals surface area (Å²) >= 11 is 0. The minimum absolute atomic E-state index is 0.00171. The quantitative estimate of drug-likeness (QED) is 0.175. The fourth-order valence-corrected chi connectivity index (χ4v) is 4.90. The molecule has 1 aliphatic rings. The van der Waals surface area contributed by atoms with Gasteiger partial charge in [-0.15, -0.1) is 0 Å². The van der Waals surface area contributed by atoms with E-state index in [0.717, 1.165) is 16.6 Å². The van der Waals surface area contributed by atoms with Crippen LogP contribution in [0.2, 0.25) is 0 Å². The fraction of sp³-hybridized carbons (Fsp3) is 0.281. The first-order valence-corrected chi connectivity index (χ1v) is 13.1. The Bertz CT molecular complexity index is 1610. The highest BCUT2D eigenvalue weighted by Gasteiger charge is 2.48. The minimum atomic E-state index is -0.879. The summed E-state index contributed by atoms with van der Waals surface area (Å²) in [5.41, 5.74) is 4.59. The van der Waals surface area contributed by atoms with Crippen molar-refractivity contribution in [1.29, 1.82) is 0 Å². The zero-order valence-electron chi connectivity index (χ0n) is 23.1. The van der Waals surface area contributed by atoms with Crippen LogP contribution in [0.1, 0.15) is 62.9 Å². The van der Waals surface area contributed by atoms with Crippen molar-refractivity contribution in [1.82, 2.24) is 9.97 Å². The molecule has 1 saturated heterocycles. The number of nitrogens with zero attached hydrogens (tertiary/aromatic N) is 2. The number of imidazole rings is 1. The molecule has 0 radical (unpaired) electrons. The lowest BCUT2D eigenvalue weighted by Gasteiger charge is -2.25. The number of anilines is 1. The third kappa shape index (κ3) is 4.92. The first-order valence-electron chi connectivity index (χ1n) is 13.1. The molecule has 0 saturated carbocycles. The Morgan fingerprint density at radius 1 is 1.03 bits per heavy atom. The van der Waals surface area contributed by atoms with Gasteiger partial charge in [-0.05, 0) is 67.1 Å². The van der Waals surface area contributed by atoms with E-state index in [4.69, 9.17) is 4.74 Å². The average molecular weight is 524 g/mol. The summed E-state index contributed by atoms with van der Waals surface area (Å²) in [4.78, 5) is 36.3. The molecule has 39 heavy (non-hydrogen) atoms. The number of rotatable bonds is 5. The number of benzene rings is 3. The van der Waals surface area contributed by atoms with Crippen molar-refractivity contribution in [3.8, 4) is 5.75 Å². The number of amides is 1. The van der Waals surface area contributed by atoms with Gasteiger partial charge in [0.1, 0.15) is 11.5 Å². The molecule has 0 aliphatic carbocycles. The fourth-order valence-electron chi connectivity index (χ4n) is 4.90. The summed E-state index contributed by atoms with van der Waals surface area (Å²) in [6, 6.07) is 19.6. The minimum Gasteiger partial charge on any atom is -0.507 e. The Kier molecular flexibility index (Phi) is 6.54. The van der Waals surface area contributed by atoms with Crippen LogP contribution < -0.4 is 9.64 Å². The maximum absolute atomic E-state index is 13.6. The number of aromatic nitrogens is 2. The average Bonchev–Trinajstić information content (AvgIpc) is 3.40. The monoisotopic (exact) mass is 523 g/mol. The van der Waals surface area contributed by atoms with E-state index >= 15 is 0 Å². The number of ether oxygens (including phenoxy) is 1. The molecule has 4 aromatic rings. The summed E-state index contributed by atoms with van der Waals surface area (Å²) in [7, 11) is 0. The molecule has 200 valence electrons. The highest BCUT2D eigenvalue weighted by molar-refractivity contribution is 6.51. The number of aliphatic hydroxyl groups excluding tert-OH is 1. The SMILES string of the molecule is Cc1ccc2nc(N3C(=O)C(=O)/C(=C(/O)c4cccc(OC(C)C)c4)C3c3ccc(C(C)(C)C)cc3)[nH]c2c1. The summed E-state index contributed by atoms with van der Waals surface area (Å²) in [6.45, 7) is 12.2. The number of hydrogen-bond donors (Lipinski definition) is 2. The number of aromatic amines is 1. The van der Waals surface area contributed by atoms with Crippen LogP contribution in [0.15, 0.2) is 72.3 Å². The zero-order valence-corrected chi connectivity index (χ0v) is 23.1. The molecule has 1 amide bonds. The lowest BCUT2D eigenvalue weighted by Crippen LogP contribution is -2.30. The molecule has 5 rings (SSSR count). The Labute approximate surface area is 228 Å². The zero-order chi connectivity index (χ0) is 28.1. The Morgan fingerprint density at radius 3 is 2.41 bits per heavy atom. The van der Waals surface area contributed by atoms with Crippen molar-refractivity contribution in [3.05, 3.63) is 94.6 Å². The van der Waals surface area contributed by atoms with E-state index in [2.05, 4.69) is 30.7 Å². The van der Waals surface area contributed by atoms with Crippen molar-refractivity contribution < 1.29 is 19.4 Å². The molecule has 1 aliphatic heterocycles. The van der Waals surface area contributed by atoms with Crippen LogP contribution in [-0.2, 0) is 15.0 Å². The Balaban J connectivity index is 1.69. The Morgan fingerprint density at radius 2 is 1.74 bits per heavy atom. The lowest BCUT2D eigenvalue weighted by molar-refractivity contribution is -0.132. The van der Waals surface area contributed by atoms with Gasteiger partial charge in [-0.2, -0.15) is 0 Å². The van der Waals surface area contributed by atoms with Crippen molar-refractivity contribution >= 4 is 34.4 Å². The number of carbonyl (C=O) groups excluding carboxylic acids is 2.